The maximum absolute atomic E-state index is 13.8. The first-order valence-corrected chi connectivity index (χ1v) is 9.79. The van der Waals surface area contributed by atoms with E-state index < -0.39 is 0 Å². The van der Waals surface area contributed by atoms with Crippen molar-refractivity contribution < 1.29 is 9.18 Å². The molecule has 8 heteroatoms. The summed E-state index contributed by atoms with van der Waals surface area (Å²) in [5, 5.41) is 9.26. The average molecular weight is 392 g/mol. The largest absolute Gasteiger partial charge is 0.357 e. The number of aliphatic imine (C=N–C) groups is 1. The van der Waals surface area contributed by atoms with Crippen LogP contribution in [0.2, 0.25) is 0 Å². The van der Waals surface area contributed by atoms with Gasteiger partial charge in [0.15, 0.2) is 5.96 Å². The molecule has 1 amide bonds. The predicted octanol–water partition coefficient (Wildman–Crippen LogP) is 2.95. The number of hydrogen-bond donors (Lipinski definition) is 3. The van der Waals surface area contributed by atoms with Crippen LogP contribution in [0.25, 0.3) is 0 Å². The molecule has 0 bridgehead atoms. The molecule has 0 radical (unpaired) electrons. The Kier molecular flexibility index (Phi) is 7.72. The van der Waals surface area contributed by atoms with Crippen LogP contribution in [0.4, 0.5) is 4.39 Å². The Morgan fingerprint density at radius 3 is 2.74 bits per heavy atom. The molecule has 0 aliphatic heterocycles. The molecular weight excluding hydrogens is 365 g/mol. The van der Waals surface area contributed by atoms with Gasteiger partial charge in [-0.05, 0) is 44.9 Å². The number of aromatic nitrogens is 1. The SMILES string of the molecule is CCNC(=NCCNC(=O)c1scnc1C)NC(C)c1ccc(C)c(F)c1. The minimum Gasteiger partial charge on any atom is -0.357 e. The van der Waals surface area contributed by atoms with Crippen LogP contribution >= 0.6 is 11.3 Å². The zero-order valence-electron chi connectivity index (χ0n) is 16.1. The maximum Gasteiger partial charge on any atom is 0.263 e. The lowest BCUT2D eigenvalue weighted by Crippen LogP contribution is -2.39. The van der Waals surface area contributed by atoms with Gasteiger partial charge in [-0.3, -0.25) is 9.79 Å². The highest BCUT2D eigenvalue weighted by Crippen LogP contribution is 2.16. The van der Waals surface area contributed by atoms with Crippen molar-refractivity contribution in [2.24, 2.45) is 4.99 Å². The molecule has 146 valence electrons. The van der Waals surface area contributed by atoms with Crippen LogP contribution < -0.4 is 16.0 Å². The lowest BCUT2D eigenvalue weighted by Gasteiger charge is -2.18. The smallest absolute Gasteiger partial charge is 0.263 e. The van der Waals surface area contributed by atoms with Gasteiger partial charge in [0.05, 0.1) is 23.8 Å². The molecule has 27 heavy (non-hydrogen) atoms. The lowest BCUT2D eigenvalue weighted by atomic mass is 10.1. The number of nitrogens with zero attached hydrogens (tertiary/aromatic N) is 2. The second-order valence-electron chi connectivity index (χ2n) is 6.16. The molecule has 1 heterocycles. The molecular formula is C19H26FN5OS. The second-order valence-corrected chi connectivity index (χ2v) is 7.01. The fourth-order valence-electron chi connectivity index (χ4n) is 2.42. The van der Waals surface area contributed by atoms with Gasteiger partial charge in [-0.15, -0.1) is 11.3 Å². The van der Waals surface area contributed by atoms with Gasteiger partial charge in [0, 0.05) is 13.1 Å². The summed E-state index contributed by atoms with van der Waals surface area (Å²) in [6.45, 7) is 9.02. The van der Waals surface area contributed by atoms with E-state index in [1.807, 2.05) is 26.8 Å². The highest BCUT2D eigenvalue weighted by Gasteiger charge is 2.11. The number of rotatable bonds is 7. The van der Waals surface area contributed by atoms with E-state index >= 15 is 0 Å². The average Bonchev–Trinajstić information content (AvgIpc) is 3.07. The van der Waals surface area contributed by atoms with E-state index in [-0.39, 0.29) is 17.8 Å². The summed E-state index contributed by atoms with van der Waals surface area (Å²) in [5.41, 5.74) is 3.86. The molecule has 6 nitrogen and oxygen atoms in total. The van der Waals surface area contributed by atoms with Gasteiger partial charge in [-0.1, -0.05) is 12.1 Å². The number of benzene rings is 1. The molecule has 0 fully saturated rings. The number of nitrogens with one attached hydrogen (secondary N) is 3. The van der Waals surface area contributed by atoms with Crippen molar-refractivity contribution in [3.05, 3.63) is 51.2 Å². The summed E-state index contributed by atoms with van der Waals surface area (Å²) in [7, 11) is 0. The minimum absolute atomic E-state index is 0.104. The van der Waals surface area contributed by atoms with E-state index in [1.165, 1.54) is 17.4 Å². The number of amides is 1. The third-order valence-corrected chi connectivity index (χ3v) is 4.94. The summed E-state index contributed by atoms with van der Waals surface area (Å²) in [6, 6.07) is 5.10. The molecule has 2 rings (SSSR count). The summed E-state index contributed by atoms with van der Waals surface area (Å²) in [5.74, 6) is 0.269. The Balaban J connectivity index is 1.90. The second kappa shape index (κ2) is 10.0. The van der Waals surface area contributed by atoms with Crippen molar-refractivity contribution in [3.8, 4) is 0 Å². The van der Waals surface area contributed by atoms with E-state index in [9.17, 15) is 9.18 Å². The molecule has 0 saturated carbocycles. The van der Waals surface area contributed by atoms with Crippen molar-refractivity contribution in [2.75, 3.05) is 19.6 Å². The highest BCUT2D eigenvalue weighted by molar-refractivity contribution is 7.11. The number of aryl methyl sites for hydroxylation is 2. The van der Waals surface area contributed by atoms with Gasteiger partial charge < -0.3 is 16.0 Å². The summed E-state index contributed by atoms with van der Waals surface area (Å²) in [6.07, 6.45) is 0. The maximum atomic E-state index is 13.8. The molecule has 1 aromatic carbocycles. The molecule has 1 aromatic heterocycles. The number of guanidine groups is 1. The van der Waals surface area contributed by atoms with Gasteiger partial charge in [-0.25, -0.2) is 9.37 Å². The standard InChI is InChI=1S/C19H26FN5OS/c1-5-21-19(25-13(3)15-7-6-12(2)16(20)10-15)23-9-8-22-18(26)17-14(4)24-11-27-17/h6-7,10-11,13H,5,8-9H2,1-4H3,(H,22,26)(H2,21,23,25). The summed E-state index contributed by atoms with van der Waals surface area (Å²) >= 11 is 1.32. The van der Waals surface area contributed by atoms with E-state index in [4.69, 9.17) is 0 Å². The van der Waals surface area contributed by atoms with Crippen molar-refractivity contribution in [2.45, 2.75) is 33.7 Å². The third kappa shape index (κ3) is 6.02. The van der Waals surface area contributed by atoms with E-state index in [0.29, 0.717) is 36.0 Å². The van der Waals surface area contributed by atoms with Crippen LogP contribution in [0.1, 0.15) is 46.4 Å². The van der Waals surface area contributed by atoms with Gasteiger partial charge in [0.1, 0.15) is 10.7 Å². The number of carbonyl (C=O) groups is 1. The minimum atomic E-state index is -0.218. The van der Waals surface area contributed by atoms with E-state index in [1.54, 1.807) is 18.5 Å². The van der Waals surface area contributed by atoms with Crippen LogP contribution in [0.15, 0.2) is 28.7 Å². The fourth-order valence-corrected chi connectivity index (χ4v) is 3.14. The molecule has 2 aromatic rings. The Bertz CT molecular complexity index is 805. The first kappa shape index (κ1) is 20.8. The zero-order valence-corrected chi connectivity index (χ0v) is 16.9. The third-order valence-electron chi connectivity index (χ3n) is 4.01. The predicted molar refractivity (Wildman–Crippen MR) is 108 cm³/mol. The molecule has 3 N–H and O–H groups in total. The van der Waals surface area contributed by atoms with Crippen LogP contribution in [0, 0.1) is 19.7 Å². The van der Waals surface area contributed by atoms with Gasteiger partial charge >= 0.3 is 0 Å². The summed E-state index contributed by atoms with van der Waals surface area (Å²) in [4.78, 5) is 21.2. The number of hydrogen-bond acceptors (Lipinski definition) is 4. The van der Waals surface area contributed by atoms with Crippen molar-refractivity contribution in [3.63, 3.8) is 0 Å². The summed E-state index contributed by atoms with van der Waals surface area (Å²) < 4.78 is 13.8. The highest BCUT2D eigenvalue weighted by atomic mass is 32.1. The monoisotopic (exact) mass is 391 g/mol. The Hall–Kier alpha value is -2.48. The Morgan fingerprint density at radius 2 is 2.11 bits per heavy atom. The van der Waals surface area contributed by atoms with E-state index in [2.05, 4.69) is 25.9 Å². The van der Waals surface area contributed by atoms with Crippen molar-refractivity contribution in [1.82, 2.24) is 20.9 Å². The molecule has 0 spiro atoms. The zero-order chi connectivity index (χ0) is 19.8. The number of halogens is 1. The number of thiazole rings is 1. The Morgan fingerprint density at radius 1 is 1.33 bits per heavy atom. The molecule has 0 aliphatic carbocycles. The van der Waals surface area contributed by atoms with Crippen LogP contribution in [-0.2, 0) is 0 Å². The molecule has 0 saturated heterocycles. The molecule has 1 atom stereocenters. The van der Waals surface area contributed by atoms with Crippen molar-refractivity contribution >= 4 is 23.2 Å². The first-order chi connectivity index (χ1) is 12.9. The normalized spacial score (nSPS) is 12.6. The van der Waals surface area contributed by atoms with Crippen LogP contribution in [-0.4, -0.2) is 36.5 Å². The first-order valence-electron chi connectivity index (χ1n) is 8.91. The van der Waals surface area contributed by atoms with Gasteiger partial charge in [-0.2, -0.15) is 0 Å². The van der Waals surface area contributed by atoms with Crippen molar-refractivity contribution in [1.29, 1.82) is 0 Å². The molecule has 0 aliphatic rings. The van der Waals surface area contributed by atoms with Gasteiger partial charge in [0.2, 0.25) is 0 Å². The topological polar surface area (TPSA) is 78.4 Å². The quantitative estimate of drug-likeness (QED) is 0.385. The fraction of sp³-hybridized carbons (Fsp3) is 0.421. The number of carbonyl (C=O) groups excluding carboxylic acids is 1. The molecule has 1 unspecified atom stereocenters. The lowest BCUT2D eigenvalue weighted by molar-refractivity contribution is 0.0958. The Labute approximate surface area is 163 Å². The van der Waals surface area contributed by atoms with Gasteiger partial charge in [0.25, 0.3) is 5.91 Å². The van der Waals surface area contributed by atoms with E-state index in [0.717, 1.165) is 11.3 Å². The van der Waals surface area contributed by atoms with Crippen LogP contribution in [0.5, 0.6) is 0 Å². The van der Waals surface area contributed by atoms with Crippen LogP contribution in [0.3, 0.4) is 0 Å².